The number of nitrogens with one attached hydrogen (secondary N) is 2. The van der Waals surface area contributed by atoms with Crippen LogP contribution >= 0.6 is 0 Å². The van der Waals surface area contributed by atoms with Crippen molar-refractivity contribution in [3.8, 4) is 0 Å². The van der Waals surface area contributed by atoms with Crippen LogP contribution in [0.5, 0.6) is 0 Å². The van der Waals surface area contributed by atoms with Gasteiger partial charge in [0.05, 0.1) is 0 Å². The third kappa shape index (κ3) is 6.64. The number of hydrogen-bond donors (Lipinski definition) is 2. The van der Waals surface area contributed by atoms with E-state index in [0.717, 1.165) is 45.3 Å². The van der Waals surface area contributed by atoms with Crippen LogP contribution in [-0.4, -0.2) is 9.97 Å². The van der Waals surface area contributed by atoms with E-state index >= 15 is 0 Å². The van der Waals surface area contributed by atoms with E-state index in [-0.39, 0.29) is 21.8 Å². The average Bonchev–Trinajstić information content (AvgIpc) is 3.14. The van der Waals surface area contributed by atoms with Crippen LogP contribution in [0.25, 0.3) is 12.2 Å². The molecule has 7 aromatic rings. The molecule has 48 heavy (non-hydrogen) atoms. The molecule has 0 amide bonds. The Morgan fingerprint density at radius 1 is 0.333 bits per heavy atom. The van der Waals surface area contributed by atoms with Crippen molar-refractivity contribution in [3.05, 3.63) is 212 Å². The summed E-state index contributed by atoms with van der Waals surface area (Å²) in [4.78, 5) is 36.1. The molecule has 1 heterocycles. The van der Waals surface area contributed by atoms with Crippen molar-refractivity contribution in [2.24, 2.45) is 0 Å². The highest BCUT2D eigenvalue weighted by molar-refractivity contribution is 5.78. The summed E-state index contributed by atoms with van der Waals surface area (Å²) in [6.45, 7) is 0. The molecule has 0 saturated carbocycles. The fourth-order valence-electron chi connectivity index (χ4n) is 5.67. The highest BCUT2D eigenvalue weighted by Gasteiger charge is 2.13. The normalized spacial score (nSPS) is 11.8. The molecule has 1 aromatic heterocycles. The summed E-state index contributed by atoms with van der Waals surface area (Å²) in [5, 5.41) is 0.370. The van der Waals surface area contributed by atoms with E-state index in [1.54, 1.807) is 12.2 Å². The summed E-state index contributed by atoms with van der Waals surface area (Å²) in [5.74, 6) is 0. The lowest BCUT2D eigenvalue weighted by Crippen LogP contribution is -2.46. The van der Waals surface area contributed by atoms with Crippen molar-refractivity contribution < 1.29 is 0 Å². The first-order valence-electron chi connectivity index (χ1n) is 15.7. The number of para-hydroxylation sites is 4. The number of anilines is 6. The largest absolute Gasteiger partial charge is 0.316 e. The van der Waals surface area contributed by atoms with Crippen LogP contribution in [0.3, 0.4) is 0 Å². The number of hydrogen-bond acceptors (Lipinski definition) is 4. The Labute approximate surface area is 277 Å². The van der Waals surface area contributed by atoms with Crippen LogP contribution in [0, 0.1) is 0 Å². The Morgan fingerprint density at radius 3 is 0.854 bits per heavy atom. The predicted octanol–water partition coefficient (Wildman–Crippen LogP) is 7.66. The van der Waals surface area contributed by atoms with E-state index in [4.69, 9.17) is 0 Å². The third-order valence-corrected chi connectivity index (χ3v) is 7.97. The van der Waals surface area contributed by atoms with Crippen LogP contribution in [0.15, 0.2) is 179 Å². The van der Waals surface area contributed by atoms with Crippen molar-refractivity contribution in [3.63, 3.8) is 0 Å². The molecule has 232 valence electrons. The second-order valence-electron chi connectivity index (χ2n) is 11.2. The van der Waals surface area contributed by atoms with Gasteiger partial charge in [-0.1, -0.05) is 97.1 Å². The van der Waals surface area contributed by atoms with Gasteiger partial charge in [0.25, 0.3) is 11.1 Å². The van der Waals surface area contributed by atoms with Gasteiger partial charge >= 0.3 is 0 Å². The first-order chi connectivity index (χ1) is 23.6. The quantitative estimate of drug-likeness (QED) is 0.182. The zero-order valence-corrected chi connectivity index (χ0v) is 26.0. The molecular weight excluding hydrogens is 592 g/mol. The average molecular weight is 625 g/mol. The Bertz CT molecular complexity index is 2100. The van der Waals surface area contributed by atoms with Crippen molar-refractivity contribution in [1.29, 1.82) is 0 Å². The second-order valence-corrected chi connectivity index (χ2v) is 11.2. The van der Waals surface area contributed by atoms with Crippen molar-refractivity contribution in [1.82, 2.24) is 9.97 Å². The number of H-pyrrole nitrogens is 2. The maximum atomic E-state index is 13.1. The molecule has 7 rings (SSSR count). The van der Waals surface area contributed by atoms with Crippen LogP contribution in [-0.2, 0) is 0 Å². The molecule has 0 saturated heterocycles. The SMILES string of the molecule is O=c1[nH]/c(=C\c2ccc(N(c3ccccc3)c3ccccc3)cc2)c(=O)[nH]/c1=C\c1ccc(N(c2ccccc2)c2ccccc2)cc1. The van der Waals surface area contributed by atoms with E-state index in [1.807, 2.05) is 121 Å². The number of nitrogens with zero attached hydrogens (tertiary/aromatic N) is 2. The first-order valence-corrected chi connectivity index (χ1v) is 15.7. The van der Waals surface area contributed by atoms with Gasteiger partial charge < -0.3 is 19.8 Å². The van der Waals surface area contributed by atoms with Crippen LogP contribution in [0.4, 0.5) is 34.1 Å². The minimum absolute atomic E-state index is 0.185. The Hall–Kier alpha value is -6.66. The van der Waals surface area contributed by atoms with Gasteiger partial charge in [0.2, 0.25) is 0 Å². The topological polar surface area (TPSA) is 72.2 Å². The zero-order chi connectivity index (χ0) is 32.7. The molecule has 0 spiro atoms. The van der Waals surface area contributed by atoms with Gasteiger partial charge in [-0.05, 0) is 96.1 Å². The molecule has 0 atom stereocenters. The van der Waals surface area contributed by atoms with E-state index in [0.29, 0.717) is 0 Å². The van der Waals surface area contributed by atoms with Gasteiger partial charge in [0.1, 0.15) is 10.7 Å². The predicted molar refractivity (Wildman–Crippen MR) is 196 cm³/mol. The van der Waals surface area contributed by atoms with Gasteiger partial charge in [-0.3, -0.25) is 9.59 Å². The van der Waals surface area contributed by atoms with Gasteiger partial charge in [-0.2, -0.15) is 0 Å². The van der Waals surface area contributed by atoms with E-state index in [9.17, 15) is 9.59 Å². The summed E-state index contributed by atoms with van der Waals surface area (Å²) in [6.07, 6.45) is 3.36. The molecule has 6 nitrogen and oxygen atoms in total. The van der Waals surface area contributed by atoms with Crippen molar-refractivity contribution >= 4 is 46.3 Å². The number of benzene rings is 6. The lowest BCUT2D eigenvalue weighted by Gasteiger charge is -2.25. The van der Waals surface area contributed by atoms with Gasteiger partial charge in [0.15, 0.2) is 0 Å². The summed E-state index contributed by atoms with van der Waals surface area (Å²) < 4.78 is 0. The molecule has 0 aliphatic rings. The van der Waals surface area contributed by atoms with Crippen LogP contribution in [0.1, 0.15) is 11.1 Å². The van der Waals surface area contributed by atoms with Crippen molar-refractivity contribution in [2.75, 3.05) is 9.80 Å². The van der Waals surface area contributed by atoms with Gasteiger partial charge in [-0.25, -0.2) is 0 Å². The fourth-order valence-corrected chi connectivity index (χ4v) is 5.67. The Morgan fingerprint density at radius 2 is 0.583 bits per heavy atom. The van der Waals surface area contributed by atoms with Crippen LogP contribution < -0.4 is 31.6 Å². The lowest BCUT2D eigenvalue weighted by molar-refractivity contribution is 1.00. The molecule has 6 heteroatoms. The molecule has 6 aromatic carbocycles. The third-order valence-electron chi connectivity index (χ3n) is 7.97. The van der Waals surface area contributed by atoms with Gasteiger partial charge in [0, 0.05) is 34.1 Å². The van der Waals surface area contributed by atoms with E-state index < -0.39 is 0 Å². The summed E-state index contributed by atoms with van der Waals surface area (Å²) >= 11 is 0. The lowest BCUT2D eigenvalue weighted by atomic mass is 10.1. The molecule has 0 aliphatic carbocycles. The maximum absolute atomic E-state index is 13.1. The summed E-state index contributed by atoms with van der Waals surface area (Å²) in [5.41, 5.74) is 6.90. The first kappa shape index (κ1) is 30.0. The van der Waals surface area contributed by atoms with Crippen LogP contribution in [0.2, 0.25) is 0 Å². The molecule has 0 aliphatic heterocycles. The van der Waals surface area contributed by atoms with Gasteiger partial charge in [-0.15, -0.1) is 0 Å². The summed E-state index contributed by atoms with van der Waals surface area (Å²) in [7, 11) is 0. The Balaban J connectivity index is 1.16. The minimum atomic E-state index is -0.379. The fraction of sp³-hybridized carbons (Fsp3) is 0. The highest BCUT2D eigenvalue weighted by Crippen LogP contribution is 2.35. The number of rotatable bonds is 8. The monoisotopic (exact) mass is 624 g/mol. The molecule has 0 radical (unpaired) electrons. The number of aromatic amines is 2. The molecular formula is C42H32N4O2. The highest BCUT2D eigenvalue weighted by atomic mass is 16.1. The molecule has 2 N–H and O–H groups in total. The standard InChI is InChI=1S/C42H32N4O2/c47-41-39(29-31-21-25-37(26-22-31)45(33-13-5-1-6-14-33)34-15-7-2-8-16-34)43-42(48)40(44-41)30-32-23-27-38(28-24-32)46(35-17-9-3-10-18-35)36-19-11-4-12-20-36/h1-30H,(H,43,48)(H,44,47)/b39-29-,40-30-. The zero-order valence-electron chi connectivity index (χ0n) is 26.0. The molecule has 0 bridgehead atoms. The Kier molecular flexibility index (Phi) is 8.61. The summed E-state index contributed by atoms with van der Waals surface area (Å²) in [6, 6.07) is 56.3. The molecule has 0 unspecified atom stereocenters. The molecule has 0 fully saturated rings. The maximum Gasteiger partial charge on any atom is 0.272 e. The minimum Gasteiger partial charge on any atom is -0.316 e. The smallest absolute Gasteiger partial charge is 0.272 e. The van der Waals surface area contributed by atoms with E-state index in [2.05, 4.69) is 68.3 Å². The van der Waals surface area contributed by atoms with Crippen molar-refractivity contribution in [2.45, 2.75) is 0 Å². The van der Waals surface area contributed by atoms with E-state index in [1.165, 1.54) is 0 Å². The second kappa shape index (κ2) is 13.8. The number of aromatic nitrogens is 2.